The fourth-order valence-corrected chi connectivity index (χ4v) is 2.53. The average Bonchev–Trinajstić information content (AvgIpc) is 2.30. The smallest absolute Gasteiger partial charge is 0.0639 e. The maximum Gasteiger partial charge on any atom is 0.0639 e. The SMILES string of the molecule is Cc1cccc(C(C2COCCN2)N(C)C)c1. The molecule has 1 aromatic carbocycles. The summed E-state index contributed by atoms with van der Waals surface area (Å²) in [5.74, 6) is 0. The van der Waals surface area contributed by atoms with Crippen LogP contribution in [0.4, 0.5) is 0 Å². The van der Waals surface area contributed by atoms with Crippen molar-refractivity contribution in [1.29, 1.82) is 0 Å². The van der Waals surface area contributed by atoms with Gasteiger partial charge in [-0.2, -0.15) is 0 Å². The Morgan fingerprint density at radius 2 is 2.24 bits per heavy atom. The van der Waals surface area contributed by atoms with Gasteiger partial charge in [-0.3, -0.25) is 0 Å². The highest BCUT2D eigenvalue weighted by Crippen LogP contribution is 2.24. The molecule has 0 bridgehead atoms. The van der Waals surface area contributed by atoms with Crippen LogP contribution in [0.2, 0.25) is 0 Å². The summed E-state index contributed by atoms with van der Waals surface area (Å²) in [5.41, 5.74) is 2.67. The zero-order chi connectivity index (χ0) is 12.3. The highest BCUT2D eigenvalue weighted by Gasteiger charge is 2.26. The van der Waals surface area contributed by atoms with Gasteiger partial charge in [0, 0.05) is 6.54 Å². The minimum absolute atomic E-state index is 0.371. The largest absolute Gasteiger partial charge is 0.378 e. The summed E-state index contributed by atoms with van der Waals surface area (Å²) in [4.78, 5) is 2.26. The lowest BCUT2D eigenvalue weighted by molar-refractivity contribution is 0.0459. The fraction of sp³-hybridized carbons (Fsp3) is 0.571. The number of hydrogen-bond donors (Lipinski definition) is 1. The Bertz CT molecular complexity index is 359. The molecule has 3 heteroatoms. The molecule has 0 amide bonds. The maximum absolute atomic E-state index is 5.58. The van der Waals surface area contributed by atoms with Gasteiger partial charge in [-0.1, -0.05) is 29.8 Å². The summed E-state index contributed by atoms with van der Waals surface area (Å²) < 4.78 is 5.58. The first-order valence-electron chi connectivity index (χ1n) is 6.22. The normalized spacial score (nSPS) is 22.7. The van der Waals surface area contributed by atoms with E-state index in [4.69, 9.17) is 4.74 Å². The van der Waals surface area contributed by atoms with E-state index in [-0.39, 0.29) is 0 Å². The molecular formula is C14H22N2O. The second-order valence-corrected chi connectivity index (χ2v) is 4.96. The molecule has 2 atom stereocenters. The highest BCUT2D eigenvalue weighted by atomic mass is 16.5. The van der Waals surface area contributed by atoms with E-state index in [1.54, 1.807) is 0 Å². The quantitative estimate of drug-likeness (QED) is 0.859. The van der Waals surface area contributed by atoms with Crippen molar-refractivity contribution in [1.82, 2.24) is 10.2 Å². The Labute approximate surface area is 104 Å². The van der Waals surface area contributed by atoms with Gasteiger partial charge in [-0.25, -0.2) is 0 Å². The van der Waals surface area contributed by atoms with Crippen LogP contribution in [-0.4, -0.2) is 44.8 Å². The first-order chi connectivity index (χ1) is 8.18. The molecule has 1 fully saturated rings. The third kappa shape index (κ3) is 3.06. The highest BCUT2D eigenvalue weighted by molar-refractivity contribution is 5.26. The van der Waals surface area contributed by atoms with Gasteiger partial charge >= 0.3 is 0 Å². The number of ether oxygens (including phenoxy) is 1. The molecule has 1 N–H and O–H groups in total. The van der Waals surface area contributed by atoms with Crippen LogP contribution < -0.4 is 5.32 Å². The van der Waals surface area contributed by atoms with Gasteiger partial charge in [0.15, 0.2) is 0 Å². The monoisotopic (exact) mass is 234 g/mol. The molecule has 1 aliphatic heterocycles. The van der Waals surface area contributed by atoms with Crippen molar-refractivity contribution in [2.24, 2.45) is 0 Å². The van der Waals surface area contributed by atoms with Crippen molar-refractivity contribution >= 4 is 0 Å². The van der Waals surface area contributed by atoms with Crippen molar-refractivity contribution in [3.05, 3.63) is 35.4 Å². The summed E-state index contributed by atoms with van der Waals surface area (Å²) in [6.45, 7) is 4.70. The van der Waals surface area contributed by atoms with Gasteiger partial charge in [0.1, 0.15) is 0 Å². The minimum atomic E-state index is 0.371. The molecule has 0 saturated carbocycles. The Hall–Kier alpha value is -0.900. The summed E-state index contributed by atoms with van der Waals surface area (Å²) in [6.07, 6.45) is 0. The summed E-state index contributed by atoms with van der Waals surface area (Å²) >= 11 is 0. The molecule has 2 rings (SSSR count). The number of nitrogens with zero attached hydrogens (tertiary/aromatic N) is 1. The number of nitrogens with one attached hydrogen (secondary N) is 1. The lowest BCUT2D eigenvalue weighted by atomic mass is 9.96. The standard InChI is InChI=1S/C14H22N2O/c1-11-5-4-6-12(9-11)14(16(2)3)13-10-17-8-7-15-13/h4-6,9,13-15H,7-8,10H2,1-3H3. The molecule has 0 aliphatic carbocycles. The van der Waals surface area contributed by atoms with Crippen molar-refractivity contribution in [2.75, 3.05) is 33.9 Å². The third-order valence-corrected chi connectivity index (χ3v) is 3.27. The first kappa shape index (κ1) is 12.6. The second-order valence-electron chi connectivity index (χ2n) is 4.96. The molecule has 1 saturated heterocycles. The molecule has 2 unspecified atom stereocenters. The van der Waals surface area contributed by atoms with E-state index in [0.717, 1.165) is 19.8 Å². The number of hydrogen-bond acceptors (Lipinski definition) is 3. The molecule has 1 aromatic rings. The Balaban J connectivity index is 2.21. The molecular weight excluding hydrogens is 212 g/mol. The van der Waals surface area contributed by atoms with Gasteiger partial charge in [0.2, 0.25) is 0 Å². The Morgan fingerprint density at radius 3 is 2.82 bits per heavy atom. The van der Waals surface area contributed by atoms with E-state index in [1.165, 1.54) is 11.1 Å². The molecule has 94 valence electrons. The predicted octanol–water partition coefficient (Wildman–Crippen LogP) is 1.59. The van der Waals surface area contributed by atoms with Crippen molar-refractivity contribution in [3.8, 4) is 0 Å². The summed E-state index contributed by atoms with van der Waals surface area (Å²) in [7, 11) is 4.26. The van der Waals surface area contributed by atoms with E-state index < -0.39 is 0 Å². The molecule has 0 radical (unpaired) electrons. The summed E-state index contributed by atoms with van der Waals surface area (Å²) in [6, 6.07) is 9.48. The molecule has 17 heavy (non-hydrogen) atoms. The van der Waals surface area contributed by atoms with Gasteiger partial charge < -0.3 is 15.0 Å². The van der Waals surface area contributed by atoms with Crippen molar-refractivity contribution < 1.29 is 4.74 Å². The molecule has 1 heterocycles. The number of benzene rings is 1. The molecule has 3 nitrogen and oxygen atoms in total. The van der Waals surface area contributed by atoms with Gasteiger partial charge in [0.25, 0.3) is 0 Å². The Kier molecular flexibility index (Phi) is 4.15. The minimum Gasteiger partial charge on any atom is -0.378 e. The third-order valence-electron chi connectivity index (χ3n) is 3.27. The fourth-order valence-electron chi connectivity index (χ4n) is 2.53. The zero-order valence-corrected chi connectivity index (χ0v) is 10.9. The molecule has 1 aliphatic rings. The van der Waals surface area contributed by atoms with Crippen molar-refractivity contribution in [2.45, 2.75) is 19.0 Å². The van der Waals surface area contributed by atoms with Crippen LogP contribution in [0, 0.1) is 6.92 Å². The van der Waals surface area contributed by atoms with Crippen LogP contribution in [0.25, 0.3) is 0 Å². The van der Waals surface area contributed by atoms with Crippen LogP contribution in [0.15, 0.2) is 24.3 Å². The summed E-state index contributed by atoms with van der Waals surface area (Å²) in [5, 5.41) is 3.55. The van der Waals surface area contributed by atoms with Crippen LogP contribution in [0.1, 0.15) is 17.2 Å². The van der Waals surface area contributed by atoms with Gasteiger partial charge in [-0.05, 0) is 26.6 Å². The number of morpholine rings is 1. The van der Waals surface area contributed by atoms with E-state index in [0.29, 0.717) is 12.1 Å². The maximum atomic E-state index is 5.58. The first-order valence-corrected chi connectivity index (χ1v) is 6.22. The van der Waals surface area contributed by atoms with Gasteiger partial charge in [-0.15, -0.1) is 0 Å². The average molecular weight is 234 g/mol. The number of likely N-dealkylation sites (N-methyl/N-ethyl adjacent to an activating group) is 1. The van der Waals surface area contributed by atoms with E-state index >= 15 is 0 Å². The van der Waals surface area contributed by atoms with E-state index in [2.05, 4.69) is 55.5 Å². The van der Waals surface area contributed by atoms with Crippen LogP contribution >= 0.6 is 0 Å². The van der Waals surface area contributed by atoms with Crippen LogP contribution in [-0.2, 0) is 4.74 Å². The van der Waals surface area contributed by atoms with E-state index in [1.807, 2.05) is 0 Å². The van der Waals surface area contributed by atoms with Crippen LogP contribution in [0.5, 0.6) is 0 Å². The molecule has 0 aromatic heterocycles. The number of rotatable bonds is 3. The van der Waals surface area contributed by atoms with Crippen LogP contribution in [0.3, 0.4) is 0 Å². The zero-order valence-electron chi connectivity index (χ0n) is 10.9. The van der Waals surface area contributed by atoms with Crippen molar-refractivity contribution in [3.63, 3.8) is 0 Å². The second kappa shape index (κ2) is 5.63. The predicted molar refractivity (Wildman–Crippen MR) is 70.2 cm³/mol. The lowest BCUT2D eigenvalue weighted by Crippen LogP contribution is -2.48. The van der Waals surface area contributed by atoms with E-state index in [9.17, 15) is 0 Å². The topological polar surface area (TPSA) is 24.5 Å². The molecule has 0 spiro atoms. The Morgan fingerprint density at radius 1 is 1.41 bits per heavy atom. The van der Waals surface area contributed by atoms with Gasteiger partial charge in [0.05, 0.1) is 25.3 Å². The lowest BCUT2D eigenvalue weighted by Gasteiger charge is -2.35. The number of aryl methyl sites for hydroxylation is 1.